The maximum absolute atomic E-state index is 13.3. The Morgan fingerprint density at radius 1 is 1.03 bits per heavy atom. The predicted molar refractivity (Wildman–Crippen MR) is 110 cm³/mol. The molecule has 1 atom stereocenters. The highest BCUT2D eigenvalue weighted by atomic mass is 19.1. The molecule has 1 amide bonds. The first kappa shape index (κ1) is 19.9. The lowest BCUT2D eigenvalue weighted by Gasteiger charge is -2.42. The fourth-order valence-electron chi connectivity index (χ4n) is 4.13. The lowest BCUT2D eigenvalue weighted by atomic mass is 9.92. The van der Waals surface area contributed by atoms with Crippen molar-refractivity contribution in [2.75, 3.05) is 44.3 Å². The van der Waals surface area contributed by atoms with Crippen molar-refractivity contribution in [1.82, 2.24) is 4.90 Å². The SMILES string of the molecule is O=C1COC2(CCCN(CCOc3ccccc3)CC2)CN1c1ccc(F)cc1. The number of hydrogen-bond acceptors (Lipinski definition) is 4. The molecule has 2 aliphatic rings. The maximum atomic E-state index is 13.3. The largest absolute Gasteiger partial charge is 0.492 e. The van der Waals surface area contributed by atoms with Crippen molar-refractivity contribution < 1.29 is 18.7 Å². The second kappa shape index (κ2) is 8.93. The van der Waals surface area contributed by atoms with Crippen LogP contribution in [0.2, 0.25) is 0 Å². The van der Waals surface area contributed by atoms with E-state index < -0.39 is 0 Å². The normalized spacial score (nSPS) is 23.2. The number of ether oxygens (including phenoxy) is 2. The van der Waals surface area contributed by atoms with Crippen LogP contribution in [0.3, 0.4) is 0 Å². The summed E-state index contributed by atoms with van der Waals surface area (Å²) < 4.78 is 25.2. The third-order valence-electron chi connectivity index (χ3n) is 5.80. The van der Waals surface area contributed by atoms with Gasteiger partial charge in [-0.2, -0.15) is 0 Å². The fourth-order valence-corrected chi connectivity index (χ4v) is 4.13. The molecule has 2 heterocycles. The van der Waals surface area contributed by atoms with E-state index in [2.05, 4.69) is 4.90 Å². The molecule has 29 heavy (non-hydrogen) atoms. The number of benzene rings is 2. The highest BCUT2D eigenvalue weighted by molar-refractivity contribution is 5.95. The van der Waals surface area contributed by atoms with Crippen LogP contribution in [0.25, 0.3) is 0 Å². The van der Waals surface area contributed by atoms with E-state index in [4.69, 9.17) is 9.47 Å². The Balaban J connectivity index is 1.34. The fraction of sp³-hybridized carbons (Fsp3) is 0.435. The number of nitrogens with zero attached hydrogens (tertiary/aromatic N) is 2. The van der Waals surface area contributed by atoms with Gasteiger partial charge in [0.05, 0.1) is 12.1 Å². The Kier molecular flexibility index (Phi) is 6.11. The number of carbonyl (C=O) groups is 1. The molecular weight excluding hydrogens is 371 g/mol. The van der Waals surface area contributed by atoms with Crippen LogP contribution in [0.15, 0.2) is 54.6 Å². The summed E-state index contributed by atoms with van der Waals surface area (Å²) in [5.74, 6) is 0.523. The van der Waals surface area contributed by atoms with Crippen LogP contribution in [-0.4, -0.2) is 55.8 Å². The Bertz CT molecular complexity index is 815. The summed E-state index contributed by atoms with van der Waals surface area (Å²) in [5, 5.41) is 0. The third-order valence-corrected chi connectivity index (χ3v) is 5.80. The zero-order valence-corrected chi connectivity index (χ0v) is 16.6. The first-order valence-corrected chi connectivity index (χ1v) is 10.2. The summed E-state index contributed by atoms with van der Waals surface area (Å²) >= 11 is 0. The van der Waals surface area contributed by atoms with Gasteiger partial charge in [0.25, 0.3) is 5.91 Å². The molecule has 2 saturated heterocycles. The van der Waals surface area contributed by atoms with Crippen molar-refractivity contribution in [2.24, 2.45) is 0 Å². The number of amides is 1. The maximum Gasteiger partial charge on any atom is 0.253 e. The van der Waals surface area contributed by atoms with E-state index in [0.717, 1.165) is 50.3 Å². The molecule has 0 radical (unpaired) electrons. The van der Waals surface area contributed by atoms with Crippen molar-refractivity contribution in [1.29, 1.82) is 0 Å². The molecule has 1 unspecified atom stereocenters. The van der Waals surface area contributed by atoms with Gasteiger partial charge < -0.3 is 14.4 Å². The topological polar surface area (TPSA) is 42.0 Å². The van der Waals surface area contributed by atoms with Gasteiger partial charge in [0.15, 0.2) is 0 Å². The number of likely N-dealkylation sites (tertiary alicyclic amines) is 1. The number of hydrogen-bond donors (Lipinski definition) is 0. The quantitative estimate of drug-likeness (QED) is 0.773. The molecule has 0 saturated carbocycles. The van der Waals surface area contributed by atoms with Gasteiger partial charge in [-0.1, -0.05) is 18.2 Å². The Labute approximate surface area is 171 Å². The lowest BCUT2D eigenvalue weighted by Crippen LogP contribution is -2.55. The van der Waals surface area contributed by atoms with E-state index in [1.807, 2.05) is 30.3 Å². The Morgan fingerprint density at radius 3 is 2.62 bits per heavy atom. The minimum Gasteiger partial charge on any atom is -0.492 e. The van der Waals surface area contributed by atoms with Gasteiger partial charge in [0.1, 0.15) is 24.8 Å². The van der Waals surface area contributed by atoms with E-state index in [1.54, 1.807) is 17.0 Å². The minimum atomic E-state index is -0.336. The highest BCUT2D eigenvalue weighted by Crippen LogP contribution is 2.32. The summed E-state index contributed by atoms with van der Waals surface area (Å²) in [6.45, 7) is 4.02. The molecule has 2 aromatic rings. The summed E-state index contributed by atoms with van der Waals surface area (Å²) in [5.41, 5.74) is 0.397. The van der Waals surface area contributed by atoms with Crippen LogP contribution >= 0.6 is 0 Å². The number of morpholine rings is 1. The van der Waals surface area contributed by atoms with Gasteiger partial charge in [-0.3, -0.25) is 9.69 Å². The molecule has 2 aliphatic heterocycles. The van der Waals surface area contributed by atoms with Gasteiger partial charge in [0.2, 0.25) is 0 Å². The number of rotatable bonds is 5. The van der Waals surface area contributed by atoms with E-state index in [1.165, 1.54) is 12.1 Å². The average Bonchev–Trinajstić information content (AvgIpc) is 2.94. The second-order valence-electron chi connectivity index (χ2n) is 7.78. The van der Waals surface area contributed by atoms with Crippen molar-refractivity contribution in [3.8, 4) is 5.75 Å². The molecule has 0 aromatic heterocycles. The van der Waals surface area contributed by atoms with Crippen LogP contribution < -0.4 is 9.64 Å². The van der Waals surface area contributed by atoms with Gasteiger partial charge >= 0.3 is 0 Å². The molecule has 2 fully saturated rings. The number of halogens is 1. The Morgan fingerprint density at radius 2 is 1.83 bits per heavy atom. The van der Waals surface area contributed by atoms with E-state index in [-0.39, 0.29) is 23.9 Å². The van der Waals surface area contributed by atoms with E-state index in [0.29, 0.717) is 13.2 Å². The molecule has 2 aromatic carbocycles. The summed E-state index contributed by atoms with van der Waals surface area (Å²) in [7, 11) is 0. The number of anilines is 1. The van der Waals surface area contributed by atoms with Crippen LogP contribution in [-0.2, 0) is 9.53 Å². The molecule has 0 aliphatic carbocycles. The lowest BCUT2D eigenvalue weighted by molar-refractivity contribution is -0.140. The second-order valence-corrected chi connectivity index (χ2v) is 7.78. The van der Waals surface area contributed by atoms with Crippen molar-refractivity contribution in [2.45, 2.75) is 24.9 Å². The molecule has 0 N–H and O–H groups in total. The van der Waals surface area contributed by atoms with Crippen molar-refractivity contribution in [3.63, 3.8) is 0 Å². The molecule has 4 rings (SSSR count). The van der Waals surface area contributed by atoms with Crippen LogP contribution in [0.4, 0.5) is 10.1 Å². The van der Waals surface area contributed by atoms with Gasteiger partial charge in [-0.05, 0) is 62.2 Å². The van der Waals surface area contributed by atoms with E-state index >= 15 is 0 Å². The first-order valence-electron chi connectivity index (χ1n) is 10.2. The van der Waals surface area contributed by atoms with Gasteiger partial charge in [0, 0.05) is 18.8 Å². The van der Waals surface area contributed by atoms with Gasteiger partial charge in [-0.15, -0.1) is 0 Å². The predicted octanol–water partition coefficient (Wildman–Crippen LogP) is 3.49. The zero-order chi connectivity index (χ0) is 20.1. The van der Waals surface area contributed by atoms with E-state index in [9.17, 15) is 9.18 Å². The molecule has 6 heteroatoms. The number of para-hydroxylation sites is 1. The van der Waals surface area contributed by atoms with Crippen molar-refractivity contribution in [3.05, 3.63) is 60.4 Å². The highest BCUT2D eigenvalue weighted by Gasteiger charge is 2.41. The Hall–Kier alpha value is -2.44. The average molecular weight is 398 g/mol. The molecular formula is C23H27FN2O3. The van der Waals surface area contributed by atoms with Crippen LogP contribution in [0.5, 0.6) is 5.75 Å². The summed E-state index contributed by atoms with van der Waals surface area (Å²) in [6.07, 6.45) is 2.79. The molecule has 154 valence electrons. The minimum absolute atomic E-state index is 0.0698. The van der Waals surface area contributed by atoms with Gasteiger partial charge in [-0.25, -0.2) is 4.39 Å². The zero-order valence-electron chi connectivity index (χ0n) is 16.6. The monoisotopic (exact) mass is 398 g/mol. The van der Waals surface area contributed by atoms with Crippen LogP contribution in [0, 0.1) is 5.82 Å². The first-order chi connectivity index (χ1) is 14.1. The molecule has 5 nitrogen and oxygen atoms in total. The molecule has 1 spiro atoms. The van der Waals surface area contributed by atoms with Crippen molar-refractivity contribution >= 4 is 11.6 Å². The summed E-state index contributed by atoms with van der Waals surface area (Å²) in [6, 6.07) is 16.0. The smallest absolute Gasteiger partial charge is 0.253 e. The van der Waals surface area contributed by atoms with Crippen LogP contribution in [0.1, 0.15) is 19.3 Å². The number of carbonyl (C=O) groups excluding carboxylic acids is 1. The third kappa shape index (κ3) is 4.95. The molecule has 0 bridgehead atoms. The standard InChI is InChI=1S/C23H27FN2O3/c24-19-7-9-20(10-8-19)26-18-23(29-17-22(26)27)11-4-13-25(14-12-23)15-16-28-21-5-2-1-3-6-21/h1-3,5-10H,4,11-18H2. The summed E-state index contributed by atoms with van der Waals surface area (Å²) in [4.78, 5) is 16.6.